The summed E-state index contributed by atoms with van der Waals surface area (Å²) >= 11 is 1.54. The van der Waals surface area contributed by atoms with E-state index in [0.29, 0.717) is 22.9 Å². The first-order valence-corrected chi connectivity index (χ1v) is 8.96. The summed E-state index contributed by atoms with van der Waals surface area (Å²) < 4.78 is 5.26. The molecule has 0 aliphatic carbocycles. The lowest BCUT2D eigenvalue weighted by molar-refractivity contribution is 0.568. The summed E-state index contributed by atoms with van der Waals surface area (Å²) in [5, 5.41) is 2.24. The van der Waals surface area contributed by atoms with Gasteiger partial charge in [-0.05, 0) is 18.1 Å². The molecule has 0 bridgehead atoms. The van der Waals surface area contributed by atoms with Crippen LogP contribution in [0.1, 0.15) is 10.6 Å². The molecule has 0 aliphatic heterocycles. The van der Waals surface area contributed by atoms with E-state index in [4.69, 9.17) is 10.2 Å². The number of H-pyrrole nitrogens is 1. The number of thiazole rings is 1. The Bertz CT molecular complexity index is 1210. The van der Waals surface area contributed by atoms with Crippen molar-refractivity contribution >= 4 is 38.4 Å². The second-order valence-corrected chi connectivity index (χ2v) is 6.98. The number of oxazole rings is 1. The Balaban J connectivity index is 1.45. The smallest absolute Gasteiger partial charge is 0.200 e. The van der Waals surface area contributed by atoms with E-state index in [-0.39, 0.29) is 0 Å². The molecule has 0 spiro atoms. The van der Waals surface area contributed by atoms with Gasteiger partial charge >= 0.3 is 0 Å². The molecule has 0 amide bonds. The molecule has 0 atom stereocenters. The molecule has 0 saturated carbocycles. The van der Waals surface area contributed by atoms with Gasteiger partial charge in [-0.1, -0.05) is 29.5 Å². The highest BCUT2D eigenvalue weighted by Crippen LogP contribution is 2.28. The van der Waals surface area contributed by atoms with E-state index in [0.717, 1.165) is 28.2 Å². The number of aromatic amines is 1. The number of hydrogen-bond acceptors (Lipinski definition) is 7. The largest absolute Gasteiger partial charge is 0.440 e. The first-order chi connectivity index (χ1) is 12.8. The second kappa shape index (κ2) is 5.92. The Labute approximate surface area is 152 Å². The molecule has 4 heterocycles. The van der Waals surface area contributed by atoms with Crippen LogP contribution >= 0.6 is 11.3 Å². The monoisotopic (exact) mass is 362 g/mol. The van der Waals surface area contributed by atoms with Crippen LogP contribution in [0.25, 0.3) is 32.8 Å². The van der Waals surface area contributed by atoms with Gasteiger partial charge in [0.1, 0.15) is 10.3 Å². The van der Waals surface area contributed by atoms with E-state index in [1.165, 1.54) is 28.7 Å². The number of anilines is 1. The van der Waals surface area contributed by atoms with Crippen molar-refractivity contribution in [1.29, 1.82) is 0 Å². The molecular weight excluding hydrogens is 348 g/mol. The lowest BCUT2D eigenvalue weighted by Gasteiger charge is -1.97. The van der Waals surface area contributed by atoms with Crippen LogP contribution in [0.3, 0.4) is 0 Å². The average Bonchev–Trinajstić information content (AvgIpc) is 3.39. The average molecular weight is 362 g/mol. The molecule has 4 aromatic heterocycles. The minimum atomic E-state index is 0.357. The molecule has 5 aromatic rings. The molecule has 0 radical (unpaired) electrons. The van der Waals surface area contributed by atoms with Gasteiger partial charge in [-0.3, -0.25) is 0 Å². The predicted molar refractivity (Wildman–Crippen MR) is 101 cm³/mol. The Morgan fingerprint density at radius 1 is 1.12 bits per heavy atom. The molecular formula is C18H14N6OS. The van der Waals surface area contributed by atoms with E-state index in [9.17, 15) is 0 Å². The number of benzene rings is 1. The van der Waals surface area contributed by atoms with Gasteiger partial charge < -0.3 is 15.1 Å². The van der Waals surface area contributed by atoms with Crippen LogP contribution in [0, 0.1) is 0 Å². The van der Waals surface area contributed by atoms with Crippen molar-refractivity contribution in [1.82, 2.24) is 24.9 Å². The number of fused-ring (bicyclic) bond motifs is 2. The number of rotatable bonds is 4. The first kappa shape index (κ1) is 15.0. The van der Waals surface area contributed by atoms with Gasteiger partial charge in [0.05, 0.1) is 11.2 Å². The van der Waals surface area contributed by atoms with Gasteiger partial charge in [-0.25, -0.2) is 19.9 Å². The van der Waals surface area contributed by atoms with Crippen LogP contribution in [0.5, 0.6) is 0 Å². The fraction of sp³-hybridized carbons (Fsp3) is 0.111. The second-order valence-electron chi connectivity index (χ2n) is 5.92. The zero-order chi connectivity index (χ0) is 17.5. The molecule has 128 valence electrons. The van der Waals surface area contributed by atoms with E-state index >= 15 is 0 Å². The van der Waals surface area contributed by atoms with Gasteiger partial charge in [-0.2, -0.15) is 0 Å². The summed E-state index contributed by atoms with van der Waals surface area (Å²) in [5.74, 6) is 1.28. The van der Waals surface area contributed by atoms with Crippen LogP contribution in [0.4, 0.5) is 5.82 Å². The number of nitrogen functional groups attached to an aromatic ring is 1. The summed E-state index contributed by atoms with van der Waals surface area (Å²) in [6, 6.07) is 8.30. The van der Waals surface area contributed by atoms with Crippen LogP contribution in [-0.2, 0) is 12.8 Å². The number of hydrogen-bond donors (Lipinski definition) is 2. The molecule has 1 aromatic carbocycles. The Morgan fingerprint density at radius 3 is 2.92 bits per heavy atom. The predicted octanol–water partition coefficient (Wildman–Crippen LogP) is 3.59. The molecule has 0 aliphatic rings. The third-order valence-corrected chi connectivity index (χ3v) is 5.27. The normalized spacial score (nSPS) is 11.5. The highest BCUT2D eigenvalue weighted by molar-refractivity contribution is 7.18. The first-order valence-electron chi connectivity index (χ1n) is 8.15. The Morgan fingerprint density at radius 2 is 2.04 bits per heavy atom. The van der Waals surface area contributed by atoms with Crippen molar-refractivity contribution < 1.29 is 4.42 Å². The van der Waals surface area contributed by atoms with Crippen molar-refractivity contribution in [3.63, 3.8) is 0 Å². The van der Waals surface area contributed by atoms with Crippen molar-refractivity contribution in [2.75, 3.05) is 5.73 Å². The maximum atomic E-state index is 6.07. The Kier molecular flexibility index (Phi) is 3.42. The van der Waals surface area contributed by atoms with Gasteiger partial charge in [0, 0.05) is 23.5 Å². The lowest BCUT2D eigenvalue weighted by Crippen LogP contribution is -1.96. The topological polar surface area (TPSA) is 107 Å². The third kappa shape index (κ3) is 2.51. The molecule has 8 heteroatoms. The fourth-order valence-corrected chi connectivity index (χ4v) is 3.95. The highest BCUT2D eigenvalue weighted by Gasteiger charge is 2.15. The van der Waals surface area contributed by atoms with Crippen LogP contribution < -0.4 is 5.73 Å². The molecule has 0 unspecified atom stereocenters. The van der Waals surface area contributed by atoms with E-state index in [1.54, 1.807) is 6.20 Å². The van der Waals surface area contributed by atoms with Crippen LogP contribution in [-0.4, -0.2) is 24.9 Å². The van der Waals surface area contributed by atoms with Crippen molar-refractivity contribution in [3.05, 3.63) is 53.6 Å². The maximum Gasteiger partial charge on any atom is 0.200 e. The maximum absolute atomic E-state index is 6.07. The zero-order valence-electron chi connectivity index (χ0n) is 13.6. The van der Waals surface area contributed by atoms with Gasteiger partial charge in [0.25, 0.3) is 0 Å². The third-order valence-electron chi connectivity index (χ3n) is 4.27. The van der Waals surface area contributed by atoms with Gasteiger partial charge in [0.15, 0.2) is 18.0 Å². The summed E-state index contributed by atoms with van der Waals surface area (Å²) in [5.41, 5.74) is 9.14. The zero-order valence-corrected chi connectivity index (χ0v) is 14.5. The molecule has 5 rings (SSSR count). The molecule has 3 N–H and O–H groups in total. The number of nitrogens with zero attached hydrogens (tertiary/aromatic N) is 4. The highest BCUT2D eigenvalue weighted by atomic mass is 32.1. The minimum absolute atomic E-state index is 0.357. The number of aryl methyl sites for hydroxylation is 2. The van der Waals surface area contributed by atoms with Crippen LogP contribution in [0.15, 0.2) is 47.5 Å². The SMILES string of the molecule is Nc1nc(-c2cnco2)nc2sc(CCc3c[nH]c4ccccc34)nc12. The van der Waals surface area contributed by atoms with E-state index < -0.39 is 0 Å². The number of para-hydroxylation sites is 1. The van der Waals surface area contributed by atoms with Crippen LogP contribution in [0.2, 0.25) is 0 Å². The molecule has 26 heavy (non-hydrogen) atoms. The van der Waals surface area contributed by atoms with Gasteiger partial charge in [0.2, 0.25) is 5.82 Å². The lowest BCUT2D eigenvalue weighted by atomic mass is 10.1. The molecule has 0 fully saturated rings. The number of nitrogens with two attached hydrogens (primary N) is 1. The van der Waals surface area contributed by atoms with E-state index in [1.807, 2.05) is 6.07 Å². The number of aromatic nitrogens is 5. The summed E-state index contributed by atoms with van der Waals surface area (Å²) in [6.45, 7) is 0. The van der Waals surface area contributed by atoms with Crippen molar-refractivity contribution in [2.45, 2.75) is 12.8 Å². The summed E-state index contributed by atoms with van der Waals surface area (Å²) in [6.07, 6.45) is 6.69. The standard InChI is InChI=1S/C18H14N6OS/c19-16-15-18(24-17(23-16)13-8-20-9-25-13)26-14(22-15)6-5-10-7-21-12-4-2-1-3-11(10)12/h1-4,7-9,21H,5-6H2,(H2,19,23,24). The minimum Gasteiger partial charge on any atom is -0.440 e. The molecule has 0 saturated heterocycles. The number of nitrogens with one attached hydrogen (secondary N) is 1. The van der Waals surface area contributed by atoms with Crippen molar-refractivity contribution in [2.24, 2.45) is 0 Å². The van der Waals surface area contributed by atoms with E-state index in [2.05, 4.69) is 49.3 Å². The van der Waals surface area contributed by atoms with Gasteiger partial charge in [-0.15, -0.1) is 0 Å². The summed E-state index contributed by atoms with van der Waals surface area (Å²) in [4.78, 5) is 21.4. The quantitative estimate of drug-likeness (QED) is 0.506. The molecule has 7 nitrogen and oxygen atoms in total. The Hall–Kier alpha value is -3.26. The fourth-order valence-electron chi connectivity index (χ4n) is 3.01. The summed E-state index contributed by atoms with van der Waals surface area (Å²) in [7, 11) is 0. The van der Waals surface area contributed by atoms with Crippen molar-refractivity contribution in [3.8, 4) is 11.6 Å².